The molecule has 0 unspecified atom stereocenters. The van der Waals surface area contributed by atoms with Gasteiger partial charge in [-0.2, -0.15) is 5.26 Å². The maximum absolute atomic E-state index is 13.9. The number of methoxy groups -OCH3 is 1. The first-order chi connectivity index (χ1) is 63.8. The lowest BCUT2D eigenvalue weighted by molar-refractivity contribution is -0.385. The number of rotatable bonds is 16. The lowest BCUT2D eigenvalue weighted by Gasteiger charge is -2.31. The SMILES string of the molecule is COC(=O)Nc1cc(Cl)c2c(c1)N(Cc1cnc[nH]1)CCO2.Clc1cc(Cl)c2c(c1)N(Cc1cnc[nH]1)CCO2.Clc1cccc2c1OCCN2Cc1cnc[nH]1.Fc1cc(Br)cc2c1OCCN2Cc1cnc[nH]1.Fc1cccc2c1OCCN2Cc1cnc[nH]1.N#Cc1cc(F)c2c(c1)N(Cc1cnc[nH]1)CCO2.O=[N+]([O-])c1cc(F)c2c(c1)N(Cc1cnc[nH]1)CCO2. The molecule has 0 spiro atoms. The largest absolute Gasteiger partial charge is 0.488 e. The molecule has 0 aliphatic carbocycles. The van der Waals surface area contributed by atoms with Crippen molar-refractivity contribution in [2.24, 2.45) is 0 Å². The number of nitro benzene ring substituents is 1. The fourth-order valence-electron chi connectivity index (χ4n) is 14.7. The molecule has 131 heavy (non-hydrogen) atoms. The smallest absolute Gasteiger partial charge is 0.411 e. The van der Waals surface area contributed by atoms with Gasteiger partial charge in [0.05, 0.1) is 260 Å². The van der Waals surface area contributed by atoms with E-state index in [2.05, 4.69) is 120 Å². The zero-order valence-electron chi connectivity index (χ0n) is 69.7. The third-order valence-electron chi connectivity index (χ3n) is 20.7. The average molecular weight is 1940 g/mol. The standard InChI is InChI=1S/C14H15ClN4O3.C13H11FN4O.C12H11BrFN3O.C12H11Cl2N3O.C12H12ClN3O.C12H11FN4O3.C12H12FN3O/c1-21-14(20)18-9-4-11(15)13-12(5-9)19(2-3-22-13)7-10-6-16-8-17-10;14-11-3-9(5-15)4-12-13(11)19-2-1-18(12)7-10-6-16-8-17-10;2*13-8-3-10(14)12-11(4-8)17(1-2-18-12)6-9-5-15-7-16-9;13-10-2-1-3-11-12(10)17-5-4-16(11)7-9-6-14-8-15-9;13-10-3-9(17(18)19)4-11-12(10)20-2-1-16(11)6-8-5-14-7-15-8;13-10-2-1-3-11-12(10)17-5-4-16(11)7-9-6-14-8-15-9/h4-6,8H,2-3,7H2,1H3,(H,16,17)(H,18,20);3-4,6,8H,1-2,7H2,(H,16,17);2*3-5,7H,1-2,6H2,(H,15,16);1-3,6,8H,4-5,7H2,(H,14,15);3-5,7H,1-2,6H2,(H,14,15);1-3,6,8H,4-5,7H2,(H,14,15). The van der Waals surface area contributed by atoms with E-state index in [9.17, 15) is 32.5 Å². The van der Waals surface area contributed by atoms with Crippen LogP contribution < -0.4 is 72.8 Å². The van der Waals surface area contributed by atoms with Gasteiger partial charge >= 0.3 is 6.09 Å². The summed E-state index contributed by atoms with van der Waals surface area (Å²) in [6.45, 7) is 13.1. The molecule has 7 aromatic carbocycles. The molecule has 21 rings (SSSR count). The first kappa shape index (κ1) is 91.5. The number of nitrogens with one attached hydrogen (secondary N) is 8. The van der Waals surface area contributed by atoms with Gasteiger partial charge in [-0.3, -0.25) is 15.4 Å². The Kier molecular flexibility index (Phi) is 30.5. The number of aromatic amines is 7. The lowest BCUT2D eigenvalue weighted by Crippen LogP contribution is -2.32. The van der Waals surface area contributed by atoms with E-state index in [1.165, 1.54) is 31.4 Å². The van der Waals surface area contributed by atoms with Crippen LogP contribution in [-0.2, 0) is 50.6 Å². The molecule has 1 amide bonds. The lowest BCUT2D eigenvalue weighted by atomic mass is 10.1. The van der Waals surface area contributed by atoms with Gasteiger partial charge in [-0.05, 0) is 72.8 Å². The van der Waals surface area contributed by atoms with Crippen LogP contribution in [0.2, 0.25) is 20.1 Å². The number of nitro groups is 1. The van der Waals surface area contributed by atoms with Crippen LogP contribution >= 0.6 is 62.3 Å². The second-order valence-electron chi connectivity index (χ2n) is 29.4. The van der Waals surface area contributed by atoms with Crippen LogP contribution in [0.3, 0.4) is 0 Å². The molecule has 8 N–H and O–H groups in total. The van der Waals surface area contributed by atoms with Gasteiger partial charge in [0.25, 0.3) is 5.69 Å². The fourth-order valence-corrected chi connectivity index (χ4v) is 16.2. The number of hydrogen-bond donors (Lipinski definition) is 8. The molecule has 0 bridgehead atoms. The predicted molar refractivity (Wildman–Crippen MR) is 486 cm³/mol. The van der Waals surface area contributed by atoms with Gasteiger partial charge in [0, 0.05) is 64.6 Å². The highest BCUT2D eigenvalue weighted by atomic mass is 79.9. The third kappa shape index (κ3) is 23.4. The van der Waals surface area contributed by atoms with E-state index in [0.29, 0.717) is 163 Å². The third-order valence-corrected chi connectivity index (χ3v) is 22.3. The molecular weight excluding hydrogens is 1850 g/mol. The molecule has 0 saturated carbocycles. The van der Waals surface area contributed by atoms with Crippen molar-refractivity contribution in [2.45, 2.75) is 45.8 Å². The summed E-state index contributed by atoms with van der Waals surface area (Å²) in [5.74, 6) is 1.17. The van der Waals surface area contributed by atoms with E-state index < -0.39 is 22.7 Å². The van der Waals surface area contributed by atoms with Crippen LogP contribution in [0.25, 0.3) is 0 Å². The van der Waals surface area contributed by atoms with E-state index in [1.54, 1.807) is 106 Å². The number of hydrogen-bond acceptors (Lipinski definition) is 26. The van der Waals surface area contributed by atoms with Crippen molar-refractivity contribution in [2.75, 3.05) is 139 Å². The summed E-state index contributed by atoms with van der Waals surface area (Å²) in [4.78, 5) is 85.2. The Labute approximate surface area is 774 Å². The predicted octanol–water partition coefficient (Wildman–Crippen LogP) is 16.6. The zero-order chi connectivity index (χ0) is 91.3. The first-order valence-corrected chi connectivity index (χ1v) is 43.0. The first-order valence-electron chi connectivity index (χ1n) is 40.7. The molecule has 7 aromatic heterocycles. The number of nitrogens with zero attached hydrogens (tertiary/aromatic N) is 16. The molecule has 44 heteroatoms. The van der Waals surface area contributed by atoms with Gasteiger partial charge in [-0.25, -0.2) is 57.2 Å². The zero-order valence-corrected chi connectivity index (χ0v) is 74.3. The Morgan fingerprint density at radius 1 is 0.420 bits per heavy atom. The molecule has 7 aliphatic rings. The van der Waals surface area contributed by atoms with Gasteiger partial charge < -0.3 is 107 Å². The van der Waals surface area contributed by atoms with Crippen molar-refractivity contribution >= 4 is 120 Å². The average Bonchev–Trinajstić information content (AvgIpc) is 1.67. The van der Waals surface area contributed by atoms with Crippen molar-refractivity contribution in [1.82, 2.24) is 69.8 Å². The molecule has 0 atom stereocenters. The maximum Gasteiger partial charge on any atom is 0.411 e. The van der Waals surface area contributed by atoms with Crippen LogP contribution in [0.1, 0.15) is 45.4 Å². The summed E-state index contributed by atoms with van der Waals surface area (Å²) in [5, 5.41) is 24.6. The summed E-state index contributed by atoms with van der Waals surface area (Å²) in [6.07, 6.45) is 23.2. The molecular formula is C87H83BrCl4F4N24O11. The monoisotopic (exact) mass is 1930 g/mol. The van der Waals surface area contributed by atoms with Crippen molar-refractivity contribution in [3.8, 4) is 46.3 Å². The van der Waals surface area contributed by atoms with Crippen molar-refractivity contribution < 1.29 is 65.2 Å². The number of para-hydroxylation sites is 2. The molecule has 0 saturated heterocycles. The number of H-pyrrole nitrogens is 7. The van der Waals surface area contributed by atoms with E-state index in [0.717, 1.165) is 119 Å². The number of aromatic nitrogens is 14. The molecule has 35 nitrogen and oxygen atoms in total. The second kappa shape index (κ2) is 43.7. The van der Waals surface area contributed by atoms with Gasteiger partial charge in [-0.15, -0.1) is 0 Å². The minimum absolute atomic E-state index is 0.0568. The van der Waals surface area contributed by atoms with Crippen molar-refractivity contribution in [3.63, 3.8) is 0 Å². The van der Waals surface area contributed by atoms with Crippen LogP contribution in [0.4, 0.5) is 73.5 Å². The number of carbonyl (C=O) groups excluding carboxylic acids is 1. The minimum atomic E-state index is -0.719. The van der Waals surface area contributed by atoms with E-state index in [4.69, 9.17) is 84.8 Å². The number of ether oxygens (including phenoxy) is 8. The summed E-state index contributed by atoms with van der Waals surface area (Å²) in [7, 11) is 1.31. The van der Waals surface area contributed by atoms with Gasteiger partial charge in [-0.1, -0.05) is 74.5 Å². The number of halogens is 9. The summed E-state index contributed by atoms with van der Waals surface area (Å²) < 4.78 is 98.6. The second-order valence-corrected chi connectivity index (χ2v) is 32.0. The van der Waals surface area contributed by atoms with E-state index in [-0.39, 0.29) is 34.4 Å². The Morgan fingerprint density at radius 2 is 0.740 bits per heavy atom. The quantitative estimate of drug-likeness (QED) is 0.0253. The number of imidazole rings is 7. The Hall–Kier alpha value is -14.3. The number of benzene rings is 7. The van der Waals surface area contributed by atoms with Crippen LogP contribution in [0.15, 0.2) is 189 Å². The van der Waals surface area contributed by atoms with Crippen LogP contribution in [-0.4, -0.2) is 180 Å². The van der Waals surface area contributed by atoms with E-state index >= 15 is 0 Å². The summed E-state index contributed by atoms with van der Waals surface area (Å²) in [6, 6.07) is 28.1. The number of anilines is 8. The number of carbonyl (C=O) groups is 1. The summed E-state index contributed by atoms with van der Waals surface area (Å²) >= 11 is 27.9. The molecule has 7 aliphatic heterocycles. The molecule has 0 radical (unpaired) electrons. The van der Waals surface area contributed by atoms with Crippen LogP contribution in [0.5, 0.6) is 40.2 Å². The van der Waals surface area contributed by atoms with Gasteiger partial charge in [0.2, 0.25) is 0 Å². The number of amides is 1. The fraction of sp³-hybridized carbons (Fsp3) is 0.253. The highest BCUT2D eigenvalue weighted by Crippen LogP contribution is 2.46. The highest BCUT2D eigenvalue weighted by molar-refractivity contribution is 9.10. The Bertz CT molecular complexity index is 5980. The maximum atomic E-state index is 13.9. The van der Waals surface area contributed by atoms with Gasteiger partial charge in [0.15, 0.2) is 63.5 Å². The molecule has 680 valence electrons. The number of fused-ring (bicyclic) bond motifs is 7. The minimum Gasteiger partial charge on any atom is -0.488 e. The van der Waals surface area contributed by atoms with Crippen molar-refractivity contribution in [3.05, 3.63) is 288 Å². The summed E-state index contributed by atoms with van der Waals surface area (Å²) in [5.41, 5.74) is 12.8. The van der Waals surface area contributed by atoms with E-state index in [1.807, 2.05) is 64.5 Å². The Balaban J connectivity index is 0.000000117. The molecule has 0 fully saturated rings. The number of nitriles is 1. The van der Waals surface area contributed by atoms with Crippen LogP contribution in [0, 0.1) is 44.7 Å². The van der Waals surface area contributed by atoms with Crippen molar-refractivity contribution in [1.29, 1.82) is 5.26 Å². The molecule has 14 heterocycles. The topological polar surface area (TPSA) is 393 Å². The Morgan fingerprint density at radius 3 is 1.12 bits per heavy atom. The normalized spacial score (nSPS) is 13.9. The molecule has 14 aromatic rings. The number of non-ortho nitro benzene ring substituents is 1. The van der Waals surface area contributed by atoms with Gasteiger partial charge in [0.1, 0.15) is 46.2 Å². The highest BCUT2D eigenvalue weighted by Gasteiger charge is 2.31.